The Morgan fingerprint density at radius 2 is 1.89 bits per heavy atom. The number of nitrogens with one attached hydrogen (secondary N) is 1. The molecule has 0 aliphatic carbocycles. The first-order valence-corrected chi connectivity index (χ1v) is 12.7. The van der Waals surface area contributed by atoms with Crippen molar-refractivity contribution in [3.8, 4) is 11.3 Å². The molecule has 36 heavy (non-hydrogen) atoms. The Kier molecular flexibility index (Phi) is 7.02. The number of Topliss-reactive ketones (excluding diaryl/α,β-unsaturated/α-hetero) is 1. The predicted molar refractivity (Wildman–Crippen MR) is 139 cm³/mol. The minimum Gasteiger partial charge on any atom is -0.379 e. The normalized spacial score (nSPS) is 21.2. The number of H-pyrrole nitrogens is 1. The number of hydrogen-bond donors (Lipinski definition) is 1. The van der Waals surface area contributed by atoms with Crippen LogP contribution in [0.4, 0.5) is 5.82 Å². The number of piperazine rings is 1. The third kappa shape index (κ3) is 5.12. The van der Waals surface area contributed by atoms with Crippen molar-refractivity contribution in [1.29, 1.82) is 0 Å². The summed E-state index contributed by atoms with van der Waals surface area (Å²) in [5.74, 6) is 1.19. The van der Waals surface area contributed by atoms with Crippen LogP contribution < -0.4 is 4.90 Å². The van der Waals surface area contributed by atoms with Gasteiger partial charge in [0.05, 0.1) is 25.5 Å². The molecular formula is C27H34N6O3. The van der Waals surface area contributed by atoms with Crippen LogP contribution in [0.25, 0.3) is 22.3 Å². The number of aromatic amines is 1. The Labute approximate surface area is 211 Å². The van der Waals surface area contributed by atoms with Crippen LogP contribution in [-0.4, -0.2) is 94.5 Å². The molecule has 2 atom stereocenters. The molecule has 0 unspecified atom stereocenters. The number of hydrogen-bond acceptors (Lipinski definition) is 7. The van der Waals surface area contributed by atoms with E-state index in [0.717, 1.165) is 59.9 Å². The summed E-state index contributed by atoms with van der Waals surface area (Å²) in [6.45, 7) is 10.7. The minimum atomic E-state index is 0.113. The van der Waals surface area contributed by atoms with Crippen molar-refractivity contribution in [3.05, 3.63) is 42.2 Å². The lowest BCUT2D eigenvalue weighted by molar-refractivity contribution is -0.133. The highest BCUT2D eigenvalue weighted by Crippen LogP contribution is 2.29. The molecule has 2 aliphatic rings. The van der Waals surface area contributed by atoms with Gasteiger partial charge in [0.1, 0.15) is 11.5 Å². The second kappa shape index (κ2) is 10.4. The van der Waals surface area contributed by atoms with Gasteiger partial charge >= 0.3 is 0 Å². The summed E-state index contributed by atoms with van der Waals surface area (Å²) in [5.41, 5.74) is 3.50. The summed E-state index contributed by atoms with van der Waals surface area (Å²) in [6, 6.07) is 8.33. The summed E-state index contributed by atoms with van der Waals surface area (Å²) in [5, 5.41) is 0.958. The van der Waals surface area contributed by atoms with Crippen LogP contribution in [0.15, 0.2) is 36.7 Å². The monoisotopic (exact) mass is 490 g/mol. The Morgan fingerprint density at radius 1 is 1.14 bits per heavy atom. The lowest BCUT2D eigenvalue weighted by atomic mass is 10.1. The molecule has 1 amide bonds. The Morgan fingerprint density at radius 3 is 2.61 bits per heavy atom. The maximum atomic E-state index is 12.7. The summed E-state index contributed by atoms with van der Waals surface area (Å²) in [7, 11) is 0. The average molecular weight is 491 g/mol. The summed E-state index contributed by atoms with van der Waals surface area (Å²) < 4.78 is 5.37. The van der Waals surface area contributed by atoms with Crippen LogP contribution in [0, 0.1) is 0 Å². The van der Waals surface area contributed by atoms with E-state index in [1.165, 1.54) is 0 Å². The fourth-order valence-electron chi connectivity index (χ4n) is 5.53. The number of rotatable bonds is 6. The van der Waals surface area contributed by atoms with Crippen LogP contribution in [0.5, 0.6) is 0 Å². The molecule has 9 heteroatoms. The second-order valence-electron chi connectivity index (χ2n) is 9.96. The average Bonchev–Trinajstić information content (AvgIpc) is 3.27. The molecule has 5 heterocycles. The van der Waals surface area contributed by atoms with Crippen LogP contribution in [0.2, 0.25) is 0 Å². The quantitative estimate of drug-likeness (QED) is 0.567. The fourth-order valence-corrected chi connectivity index (χ4v) is 5.53. The van der Waals surface area contributed by atoms with Gasteiger partial charge in [-0.1, -0.05) is 6.07 Å². The Balaban J connectivity index is 1.35. The molecule has 1 N–H and O–H groups in total. The molecule has 2 fully saturated rings. The van der Waals surface area contributed by atoms with Gasteiger partial charge in [0.25, 0.3) is 0 Å². The number of aromatic nitrogens is 3. The minimum absolute atomic E-state index is 0.113. The second-order valence-corrected chi connectivity index (χ2v) is 9.96. The van der Waals surface area contributed by atoms with Gasteiger partial charge in [0.2, 0.25) is 5.91 Å². The summed E-state index contributed by atoms with van der Waals surface area (Å²) in [4.78, 5) is 43.9. The van der Waals surface area contributed by atoms with Crippen molar-refractivity contribution in [2.45, 2.75) is 39.3 Å². The standard InChI is InChI=1S/C27H34N6O3/c1-18-15-32(16-19(2)33(18)20(3)34)26-6-4-5-25(30-26)24-14-29-27-23(24)12-21(13-28-27)11-22(35)17-31-7-9-36-10-8-31/h4-6,12-14,18-19H,7-11,15-17H2,1-3H3,(H,28,29)/t18-,19+. The van der Waals surface area contributed by atoms with Crippen LogP contribution in [0.1, 0.15) is 26.3 Å². The SMILES string of the molecule is CC(=O)N1[C@H](C)CN(c2cccc(-c3c[nH]c4ncc(CC(=O)CN5CCOCC5)cc34)n2)C[C@@H]1C. The summed E-state index contributed by atoms with van der Waals surface area (Å²) in [6.07, 6.45) is 4.07. The van der Waals surface area contributed by atoms with E-state index in [1.807, 2.05) is 29.3 Å². The van der Waals surface area contributed by atoms with Crippen molar-refractivity contribution in [2.75, 3.05) is 50.8 Å². The van der Waals surface area contributed by atoms with E-state index in [1.54, 1.807) is 13.1 Å². The van der Waals surface area contributed by atoms with E-state index >= 15 is 0 Å². The summed E-state index contributed by atoms with van der Waals surface area (Å²) >= 11 is 0. The number of amides is 1. The first kappa shape index (κ1) is 24.4. The number of carbonyl (C=O) groups excluding carboxylic acids is 2. The number of ether oxygens (including phenoxy) is 1. The molecule has 0 spiro atoms. The van der Waals surface area contributed by atoms with Gasteiger partial charge in [0, 0.05) is 75.0 Å². The third-order valence-electron chi connectivity index (χ3n) is 7.11. The van der Waals surface area contributed by atoms with Crippen molar-refractivity contribution in [2.24, 2.45) is 0 Å². The number of pyridine rings is 2. The van der Waals surface area contributed by atoms with Gasteiger partial charge in [-0.2, -0.15) is 0 Å². The largest absolute Gasteiger partial charge is 0.379 e. The lowest BCUT2D eigenvalue weighted by Gasteiger charge is -2.44. The highest BCUT2D eigenvalue weighted by atomic mass is 16.5. The molecule has 0 radical (unpaired) electrons. The van der Waals surface area contributed by atoms with Gasteiger partial charge in [-0.05, 0) is 37.6 Å². The highest BCUT2D eigenvalue weighted by molar-refractivity contribution is 5.94. The number of nitrogens with zero attached hydrogens (tertiary/aromatic N) is 5. The molecule has 190 valence electrons. The Hall–Kier alpha value is -3.30. The van der Waals surface area contributed by atoms with Crippen LogP contribution >= 0.6 is 0 Å². The number of carbonyl (C=O) groups is 2. The first-order valence-electron chi connectivity index (χ1n) is 12.7. The van der Waals surface area contributed by atoms with Crippen molar-refractivity contribution in [1.82, 2.24) is 24.8 Å². The van der Waals surface area contributed by atoms with Crippen molar-refractivity contribution >= 4 is 28.5 Å². The third-order valence-corrected chi connectivity index (χ3v) is 7.11. The fraction of sp³-hybridized carbons (Fsp3) is 0.481. The van der Waals surface area contributed by atoms with E-state index in [2.05, 4.69) is 39.7 Å². The van der Waals surface area contributed by atoms with Crippen molar-refractivity contribution in [3.63, 3.8) is 0 Å². The number of fused-ring (bicyclic) bond motifs is 1. The molecule has 9 nitrogen and oxygen atoms in total. The number of ketones is 1. The zero-order chi connectivity index (χ0) is 25.2. The number of morpholine rings is 1. The van der Waals surface area contributed by atoms with Gasteiger partial charge in [-0.25, -0.2) is 9.97 Å². The highest BCUT2D eigenvalue weighted by Gasteiger charge is 2.31. The Bertz CT molecular complexity index is 1240. The van der Waals surface area contributed by atoms with E-state index in [0.29, 0.717) is 26.2 Å². The van der Waals surface area contributed by atoms with Gasteiger partial charge in [0.15, 0.2) is 5.78 Å². The first-order chi connectivity index (χ1) is 17.4. The molecule has 0 aromatic carbocycles. The molecule has 5 rings (SSSR count). The molecule has 2 saturated heterocycles. The van der Waals surface area contributed by atoms with Gasteiger partial charge < -0.3 is 19.5 Å². The number of anilines is 1. The van der Waals surface area contributed by atoms with Crippen LogP contribution in [-0.2, 0) is 20.7 Å². The van der Waals surface area contributed by atoms with E-state index < -0.39 is 0 Å². The zero-order valence-corrected chi connectivity index (χ0v) is 21.2. The molecule has 2 aliphatic heterocycles. The van der Waals surface area contributed by atoms with Gasteiger partial charge in [-0.3, -0.25) is 14.5 Å². The molecule has 3 aromatic rings. The molecule has 0 bridgehead atoms. The molecule has 3 aromatic heterocycles. The predicted octanol–water partition coefficient (Wildman–Crippen LogP) is 2.51. The van der Waals surface area contributed by atoms with E-state index in [-0.39, 0.29) is 23.8 Å². The zero-order valence-electron chi connectivity index (χ0n) is 21.2. The van der Waals surface area contributed by atoms with E-state index in [9.17, 15) is 9.59 Å². The molecule has 0 saturated carbocycles. The van der Waals surface area contributed by atoms with Crippen LogP contribution in [0.3, 0.4) is 0 Å². The molecular weight excluding hydrogens is 456 g/mol. The topological polar surface area (TPSA) is 94.7 Å². The van der Waals surface area contributed by atoms with Gasteiger partial charge in [-0.15, -0.1) is 0 Å². The smallest absolute Gasteiger partial charge is 0.220 e. The maximum Gasteiger partial charge on any atom is 0.220 e. The van der Waals surface area contributed by atoms with Crippen molar-refractivity contribution < 1.29 is 14.3 Å². The maximum absolute atomic E-state index is 12.7. The van der Waals surface area contributed by atoms with E-state index in [4.69, 9.17) is 9.72 Å². The lowest BCUT2D eigenvalue weighted by Crippen LogP contribution is -2.58.